The first-order chi connectivity index (χ1) is 18.6. The van der Waals surface area contributed by atoms with E-state index in [1.54, 1.807) is 53.8 Å². The molecule has 0 saturated heterocycles. The third-order valence-corrected chi connectivity index (χ3v) is 8.96. The minimum Gasteiger partial charge on any atom is -0.506 e. The monoisotopic (exact) mass is 580 g/mol. The average Bonchev–Trinajstić information content (AvgIpc) is 3.39. The number of hydrogen-bond acceptors (Lipinski definition) is 6. The lowest BCUT2D eigenvalue weighted by atomic mass is 10.1. The highest BCUT2D eigenvalue weighted by atomic mass is 35.5. The molecule has 3 aromatic carbocycles. The van der Waals surface area contributed by atoms with Crippen LogP contribution < -0.4 is 5.32 Å². The molecule has 39 heavy (non-hydrogen) atoms. The van der Waals surface area contributed by atoms with Crippen LogP contribution in [0.3, 0.4) is 0 Å². The molecule has 0 saturated carbocycles. The molecule has 0 aliphatic carbocycles. The highest BCUT2D eigenvalue weighted by Crippen LogP contribution is 2.26. The third-order valence-electron chi connectivity index (χ3n) is 6.06. The van der Waals surface area contributed by atoms with Crippen molar-refractivity contribution in [3.05, 3.63) is 105 Å². The number of carbonyl (C=O) groups is 1. The number of sulfone groups is 1. The number of carbonyl (C=O) groups excluding carboxylic acids is 1. The van der Waals surface area contributed by atoms with Gasteiger partial charge in [-0.25, -0.2) is 13.4 Å². The summed E-state index contributed by atoms with van der Waals surface area (Å²) in [6, 6.07) is 18.2. The first-order valence-corrected chi connectivity index (χ1v) is 15.4. The van der Waals surface area contributed by atoms with Crippen molar-refractivity contribution in [2.45, 2.75) is 37.5 Å². The normalized spacial score (nSPS) is 11.8. The summed E-state index contributed by atoms with van der Waals surface area (Å²) in [5, 5.41) is 16.5. The number of amides is 1. The predicted molar refractivity (Wildman–Crippen MR) is 159 cm³/mol. The lowest BCUT2D eigenvalue weighted by Gasteiger charge is -2.11. The molecule has 4 aromatic rings. The van der Waals surface area contributed by atoms with Crippen molar-refractivity contribution in [2.75, 3.05) is 11.1 Å². The minimum absolute atomic E-state index is 0.0305. The fourth-order valence-corrected chi connectivity index (χ4v) is 6.16. The molecule has 9 heteroatoms. The molecule has 0 radical (unpaired) electrons. The molecule has 0 atom stereocenters. The Morgan fingerprint density at radius 2 is 1.85 bits per heavy atom. The summed E-state index contributed by atoms with van der Waals surface area (Å²) in [4.78, 5) is 17.8. The number of aromatic hydroxyl groups is 1. The molecule has 0 spiro atoms. The van der Waals surface area contributed by atoms with E-state index in [9.17, 15) is 18.3 Å². The molecule has 2 N–H and O–H groups in total. The highest BCUT2D eigenvalue weighted by molar-refractivity contribution is 7.91. The number of thiazole rings is 1. The van der Waals surface area contributed by atoms with Crippen LogP contribution in [0.4, 0.5) is 5.69 Å². The van der Waals surface area contributed by atoms with Gasteiger partial charge in [0.05, 0.1) is 22.0 Å². The summed E-state index contributed by atoms with van der Waals surface area (Å²) >= 11 is 7.43. The van der Waals surface area contributed by atoms with E-state index in [2.05, 4.69) is 24.1 Å². The Labute approximate surface area is 237 Å². The Morgan fingerprint density at radius 3 is 2.56 bits per heavy atom. The van der Waals surface area contributed by atoms with Gasteiger partial charge in [-0.05, 0) is 84.5 Å². The van der Waals surface area contributed by atoms with Crippen molar-refractivity contribution in [1.29, 1.82) is 0 Å². The van der Waals surface area contributed by atoms with Crippen molar-refractivity contribution in [3.63, 3.8) is 0 Å². The van der Waals surface area contributed by atoms with Crippen LogP contribution in [0, 0.1) is 0 Å². The number of aromatic nitrogens is 1. The molecule has 0 unspecified atom stereocenters. The molecule has 202 valence electrons. The van der Waals surface area contributed by atoms with Crippen molar-refractivity contribution < 1.29 is 18.3 Å². The Hall–Kier alpha value is -3.46. The molecular formula is C30H29ClN2O4S2. The predicted octanol–water partition coefficient (Wildman–Crippen LogP) is 7.45. The van der Waals surface area contributed by atoms with Gasteiger partial charge in [0.1, 0.15) is 10.8 Å². The molecule has 0 aliphatic rings. The van der Waals surface area contributed by atoms with Crippen LogP contribution in [-0.4, -0.2) is 30.2 Å². The third kappa shape index (κ3) is 7.79. The van der Waals surface area contributed by atoms with Crippen molar-refractivity contribution in [3.8, 4) is 5.75 Å². The largest absolute Gasteiger partial charge is 0.506 e. The summed E-state index contributed by atoms with van der Waals surface area (Å²) in [7, 11) is -3.44. The molecule has 0 fully saturated rings. The fourth-order valence-electron chi connectivity index (χ4n) is 3.85. The Bertz CT molecular complexity index is 1590. The number of benzene rings is 3. The Balaban J connectivity index is 1.39. The number of anilines is 1. The second-order valence-corrected chi connectivity index (χ2v) is 12.8. The average molecular weight is 581 g/mol. The number of rotatable bonds is 10. The SMILES string of the molecule is CC(C)c1csc(/C=C/c2cccc(C(=O)Nc3cc(CCCS(=O)(=O)c4ccc(Cl)cc4)ccc3O)c2)n1. The molecule has 1 heterocycles. The van der Waals surface area contributed by atoms with E-state index in [1.807, 2.05) is 23.6 Å². The summed E-state index contributed by atoms with van der Waals surface area (Å²) in [5.41, 5.74) is 3.41. The highest BCUT2D eigenvalue weighted by Gasteiger charge is 2.15. The lowest BCUT2D eigenvalue weighted by molar-refractivity contribution is 0.102. The van der Waals surface area contributed by atoms with Gasteiger partial charge in [-0.2, -0.15) is 0 Å². The fraction of sp³-hybridized carbons (Fsp3) is 0.200. The maximum Gasteiger partial charge on any atom is 0.255 e. The summed E-state index contributed by atoms with van der Waals surface area (Å²) in [5.74, 6) is -0.0918. The summed E-state index contributed by atoms with van der Waals surface area (Å²) in [6.45, 7) is 4.21. The number of nitrogens with zero attached hydrogens (tertiary/aromatic N) is 1. The molecule has 6 nitrogen and oxygen atoms in total. The molecule has 1 aromatic heterocycles. The van der Waals surface area contributed by atoms with E-state index in [0.717, 1.165) is 21.8 Å². The van der Waals surface area contributed by atoms with Crippen LogP contribution in [0.5, 0.6) is 5.75 Å². The Morgan fingerprint density at radius 1 is 1.08 bits per heavy atom. The first kappa shape index (κ1) is 28.5. The van der Waals surface area contributed by atoms with Crippen LogP contribution >= 0.6 is 22.9 Å². The molecule has 0 aliphatic heterocycles. The van der Waals surface area contributed by atoms with E-state index >= 15 is 0 Å². The van der Waals surface area contributed by atoms with E-state index in [1.165, 1.54) is 18.2 Å². The number of aryl methyl sites for hydroxylation is 1. The van der Waals surface area contributed by atoms with Crippen LogP contribution in [0.15, 0.2) is 77.0 Å². The van der Waals surface area contributed by atoms with E-state index in [4.69, 9.17) is 11.6 Å². The van der Waals surface area contributed by atoms with Gasteiger partial charge in [0.25, 0.3) is 5.91 Å². The maximum atomic E-state index is 13.0. The number of phenolic OH excluding ortho intramolecular Hbond substituents is 1. The van der Waals surface area contributed by atoms with Gasteiger partial charge in [-0.1, -0.05) is 49.7 Å². The number of hydrogen-bond donors (Lipinski definition) is 2. The Kier molecular flexibility index (Phi) is 9.22. The quantitative estimate of drug-likeness (QED) is 0.190. The van der Waals surface area contributed by atoms with Crippen molar-refractivity contribution in [2.24, 2.45) is 0 Å². The molecule has 0 bridgehead atoms. The topological polar surface area (TPSA) is 96.4 Å². The minimum atomic E-state index is -3.44. The number of phenols is 1. The zero-order chi connectivity index (χ0) is 28.0. The smallest absolute Gasteiger partial charge is 0.255 e. The zero-order valence-electron chi connectivity index (χ0n) is 21.6. The summed E-state index contributed by atoms with van der Waals surface area (Å²) in [6.07, 6.45) is 4.69. The maximum absolute atomic E-state index is 13.0. The second-order valence-electron chi connectivity index (χ2n) is 9.41. The van der Waals surface area contributed by atoms with Gasteiger partial charge >= 0.3 is 0 Å². The van der Waals surface area contributed by atoms with Crippen LogP contribution in [0.2, 0.25) is 5.02 Å². The molecular weight excluding hydrogens is 552 g/mol. The number of halogens is 1. The van der Waals surface area contributed by atoms with E-state index in [0.29, 0.717) is 29.3 Å². The second kappa shape index (κ2) is 12.6. The van der Waals surface area contributed by atoms with Crippen LogP contribution in [0.1, 0.15) is 58.4 Å². The van der Waals surface area contributed by atoms with Crippen LogP contribution in [0.25, 0.3) is 12.2 Å². The lowest BCUT2D eigenvalue weighted by Crippen LogP contribution is -2.12. The van der Waals surface area contributed by atoms with E-state index in [-0.39, 0.29) is 28.0 Å². The van der Waals surface area contributed by atoms with Gasteiger partial charge < -0.3 is 10.4 Å². The van der Waals surface area contributed by atoms with Gasteiger partial charge in [0, 0.05) is 16.0 Å². The van der Waals surface area contributed by atoms with Crippen molar-refractivity contribution >= 4 is 56.5 Å². The van der Waals surface area contributed by atoms with Gasteiger partial charge in [-0.3, -0.25) is 4.79 Å². The van der Waals surface area contributed by atoms with Crippen LogP contribution in [-0.2, 0) is 16.3 Å². The molecule has 1 amide bonds. The van der Waals surface area contributed by atoms with Gasteiger partial charge in [0.2, 0.25) is 0 Å². The first-order valence-electron chi connectivity index (χ1n) is 12.5. The molecule has 4 rings (SSSR count). The van der Waals surface area contributed by atoms with Gasteiger partial charge in [-0.15, -0.1) is 11.3 Å². The van der Waals surface area contributed by atoms with E-state index < -0.39 is 9.84 Å². The number of nitrogens with one attached hydrogen (secondary N) is 1. The van der Waals surface area contributed by atoms with Crippen molar-refractivity contribution in [1.82, 2.24) is 4.98 Å². The standard InChI is InChI=1S/C30H29ClN2O4S2/c1-20(2)27-19-38-29(32-27)15-9-21-5-3-7-23(17-21)30(35)33-26-18-22(8-14-28(26)34)6-4-16-39(36,37)25-12-10-24(31)11-13-25/h3,5,7-15,17-20,34H,4,6,16H2,1-2H3,(H,33,35)/b15-9+. The zero-order valence-corrected chi connectivity index (χ0v) is 24.0. The summed E-state index contributed by atoms with van der Waals surface area (Å²) < 4.78 is 25.2. The van der Waals surface area contributed by atoms with Gasteiger partial charge in [0.15, 0.2) is 9.84 Å².